The molecule has 0 aromatic rings. The van der Waals surface area contributed by atoms with Crippen LogP contribution in [0.4, 0.5) is 0 Å². The van der Waals surface area contributed by atoms with Crippen molar-refractivity contribution in [3.05, 3.63) is 0 Å². The van der Waals surface area contributed by atoms with E-state index in [9.17, 15) is 19.5 Å². The Labute approximate surface area is 196 Å². The highest BCUT2D eigenvalue weighted by Crippen LogP contribution is 2.19. The summed E-state index contributed by atoms with van der Waals surface area (Å²) in [7, 11) is 3.07. The maximum Gasteiger partial charge on any atom is 0.246 e. The number of amides is 3. The molecule has 10 heteroatoms. The van der Waals surface area contributed by atoms with Crippen LogP contribution in [0.15, 0.2) is 0 Å². The van der Waals surface area contributed by atoms with Gasteiger partial charge >= 0.3 is 0 Å². The van der Waals surface area contributed by atoms with Crippen LogP contribution >= 0.6 is 11.8 Å². The van der Waals surface area contributed by atoms with Gasteiger partial charge in [0.05, 0.1) is 5.60 Å². The Kier molecular flexibility index (Phi) is 14.8. The molecule has 0 aliphatic rings. The second-order valence-electron chi connectivity index (χ2n) is 8.96. The second-order valence-corrected chi connectivity index (χ2v) is 10.1. The van der Waals surface area contributed by atoms with Crippen molar-refractivity contribution in [3.8, 4) is 0 Å². The minimum absolute atomic E-state index is 0.00601. The smallest absolute Gasteiger partial charge is 0.246 e. The van der Waals surface area contributed by atoms with Crippen molar-refractivity contribution in [2.75, 3.05) is 38.8 Å². The fourth-order valence-electron chi connectivity index (χ4n) is 3.28. The van der Waals surface area contributed by atoms with Gasteiger partial charge in [-0.15, -0.1) is 0 Å². The zero-order valence-corrected chi connectivity index (χ0v) is 21.1. The summed E-state index contributed by atoms with van der Waals surface area (Å²) in [5, 5.41) is 28.4. The number of primary amides is 1. The molecule has 188 valence electrons. The van der Waals surface area contributed by atoms with Crippen molar-refractivity contribution in [2.45, 2.75) is 77.0 Å². The average Bonchev–Trinajstić information content (AvgIpc) is 2.72. The van der Waals surface area contributed by atoms with Crippen molar-refractivity contribution in [1.29, 1.82) is 0 Å². The molecule has 0 heterocycles. The molecule has 5 N–H and O–H groups in total. The van der Waals surface area contributed by atoms with Gasteiger partial charge in [-0.25, -0.2) is 0 Å². The Balaban J connectivity index is 5.20. The van der Waals surface area contributed by atoms with Gasteiger partial charge in [-0.1, -0.05) is 13.3 Å². The molecule has 0 aromatic heterocycles. The molecule has 0 unspecified atom stereocenters. The van der Waals surface area contributed by atoms with E-state index in [-0.39, 0.29) is 31.5 Å². The molecule has 0 saturated carbocycles. The van der Waals surface area contributed by atoms with Crippen LogP contribution in [-0.2, 0) is 14.4 Å². The molecule has 0 fully saturated rings. The summed E-state index contributed by atoms with van der Waals surface area (Å²) in [4.78, 5) is 40.4. The molecule has 3 amide bonds. The number of rotatable bonds is 17. The SMILES string of the molecule is CCCC(=O)N(C)[C@H](CSCCCCC(CO)CO)C(=O)N(C)[C@@H](CC(C)(C)O)C(N)=O. The highest BCUT2D eigenvalue weighted by molar-refractivity contribution is 7.99. The van der Waals surface area contributed by atoms with Crippen molar-refractivity contribution in [1.82, 2.24) is 9.80 Å². The zero-order chi connectivity index (χ0) is 24.9. The molecule has 0 rings (SSSR count). The summed E-state index contributed by atoms with van der Waals surface area (Å²) in [6, 6.07) is -1.74. The summed E-state index contributed by atoms with van der Waals surface area (Å²) in [6.07, 6.45) is 3.40. The van der Waals surface area contributed by atoms with E-state index in [1.54, 1.807) is 20.9 Å². The first-order chi connectivity index (χ1) is 14.9. The summed E-state index contributed by atoms with van der Waals surface area (Å²) >= 11 is 1.54. The van der Waals surface area contributed by atoms with Crippen LogP contribution in [0.5, 0.6) is 0 Å². The van der Waals surface area contributed by atoms with Crippen LogP contribution in [-0.4, -0.2) is 99.3 Å². The quantitative estimate of drug-likeness (QED) is 0.224. The number of unbranched alkanes of at least 4 members (excludes halogenated alkanes) is 1. The Morgan fingerprint density at radius 1 is 1.03 bits per heavy atom. The molecular formula is C22H43N3O6S. The molecule has 2 atom stereocenters. The van der Waals surface area contributed by atoms with E-state index in [1.807, 2.05) is 6.92 Å². The van der Waals surface area contributed by atoms with E-state index in [4.69, 9.17) is 15.9 Å². The molecule has 0 saturated heterocycles. The van der Waals surface area contributed by atoms with Gasteiger partial charge in [0.1, 0.15) is 12.1 Å². The lowest BCUT2D eigenvalue weighted by Crippen LogP contribution is -2.56. The Morgan fingerprint density at radius 3 is 2.09 bits per heavy atom. The second kappa shape index (κ2) is 15.5. The van der Waals surface area contributed by atoms with Gasteiger partial charge in [0, 0.05) is 51.8 Å². The van der Waals surface area contributed by atoms with Gasteiger partial charge in [0.25, 0.3) is 0 Å². The lowest BCUT2D eigenvalue weighted by molar-refractivity contribution is -0.147. The van der Waals surface area contributed by atoms with Crippen molar-refractivity contribution in [2.24, 2.45) is 11.7 Å². The number of nitrogens with two attached hydrogens (primary N) is 1. The van der Waals surface area contributed by atoms with Crippen LogP contribution < -0.4 is 5.73 Å². The molecule has 32 heavy (non-hydrogen) atoms. The van der Waals surface area contributed by atoms with E-state index in [2.05, 4.69) is 0 Å². The minimum atomic E-state index is -1.19. The molecule has 0 aliphatic carbocycles. The van der Waals surface area contributed by atoms with E-state index >= 15 is 0 Å². The predicted molar refractivity (Wildman–Crippen MR) is 127 cm³/mol. The number of nitrogens with zero attached hydrogens (tertiary/aromatic N) is 2. The number of thioether (sulfide) groups is 1. The van der Waals surface area contributed by atoms with Crippen LogP contribution in [0.1, 0.15) is 59.3 Å². The van der Waals surface area contributed by atoms with Crippen molar-refractivity contribution < 1.29 is 29.7 Å². The van der Waals surface area contributed by atoms with Gasteiger partial charge in [-0.3, -0.25) is 14.4 Å². The first-order valence-corrected chi connectivity index (χ1v) is 12.4. The Bertz CT molecular complexity index is 581. The largest absolute Gasteiger partial charge is 0.396 e. The van der Waals surface area contributed by atoms with Gasteiger partial charge in [0.15, 0.2) is 0 Å². The topological polar surface area (TPSA) is 144 Å². The van der Waals surface area contributed by atoms with Gasteiger partial charge in [0.2, 0.25) is 17.7 Å². The number of aliphatic hydroxyl groups is 3. The highest BCUT2D eigenvalue weighted by atomic mass is 32.2. The summed E-state index contributed by atoms with van der Waals surface area (Å²) in [5.74, 6) is -0.228. The van der Waals surface area contributed by atoms with E-state index in [0.29, 0.717) is 18.6 Å². The lowest BCUT2D eigenvalue weighted by atomic mass is 9.97. The number of aliphatic hydroxyl groups excluding tert-OH is 2. The van der Waals surface area contributed by atoms with E-state index in [1.165, 1.54) is 28.6 Å². The molecule has 0 aromatic carbocycles. The first kappa shape index (κ1) is 30.6. The number of hydrogen-bond acceptors (Lipinski definition) is 7. The highest BCUT2D eigenvalue weighted by Gasteiger charge is 2.36. The third-order valence-corrected chi connectivity index (χ3v) is 6.52. The molecule has 0 bridgehead atoms. The normalized spacial score (nSPS) is 13.7. The van der Waals surface area contributed by atoms with Crippen molar-refractivity contribution in [3.63, 3.8) is 0 Å². The Hall–Kier alpha value is -1.36. The standard InChI is InChI=1S/C22H43N3O6S/c1-6-9-19(28)24(4)18(15-32-11-8-7-10-16(13-26)14-27)21(30)25(5)17(20(23)29)12-22(2,3)31/h16-18,26-27,31H,6-15H2,1-5H3,(H2,23,29)/t17-,18+/m0/s1. The van der Waals surface area contributed by atoms with Crippen molar-refractivity contribution >= 4 is 29.5 Å². The summed E-state index contributed by atoms with van der Waals surface area (Å²) in [5.41, 5.74) is 4.31. The minimum Gasteiger partial charge on any atom is -0.396 e. The van der Waals surface area contributed by atoms with Gasteiger partial charge in [-0.2, -0.15) is 11.8 Å². The number of carbonyl (C=O) groups excluding carboxylic acids is 3. The molecule has 0 radical (unpaired) electrons. The third kappa shape index (κ3) is 11.5. The molecule has 0 aliphatic heterocycles. The van der Waals surface area contributed by atoms with E-state index in [0.717, 1.165) is 25.0 Å². The fourth-order valence-corrected chi connectivity index (χ4v) is 4.44. The maximum absolute atomic E-state index is 13.3. The van der Waals surface area contributed by atoms with Crippen LogP contribution in [0.3, 0.4) is 0 Å². The van der Waals surface area contributed by atoms with Gasteiger partial charge in [-0.05, 0) is 38.9 Å². The third-order valence-electron chi connectivity index (χ3n) is 5.39. The molecule has 9 nitrogen and oxygen atoms in total. The number of hydrogen-bond donors (Lipinski definition) is 4. The maximum atomic E-state index is 13.3. The number of carbonyl (C=O) groups is 3. The first-order valence-electron chi connectivity index (χ1n) is 11.2. The van der Waals surface area contributed by atoms with Crippen LogP contribution in [0.2, 0.25) is 0 Å². The summed E-state index contributed by atoms with van der Waals surface area (Å²) in [6.45, 7) is 4.90. The predicted octanol–water partition coefficient (Wildman–Crippen LogP) is 0.591. The molecule has 0 spiro atoms. The number of likely N-dealkylation sites (N-methyl/N-ethyl adjacent to an activating group) is 2. The lowest BCUT2D eigenvalue weighted by Gasteiger charge is -2.35. The monoisotopic (exact) mass is 477 g/mol. The zero-order valence-electron chi connectivity index (χ0n) is 20.2. The fraction of sp³-hybridized carbons (Fsp3) is 0.864. The van der Waals surface area contributed by atoms with Gasteiger partial charge < -0.3 is 30.9 Å². The summed E-state index contributed by atoms with van der Waals surface area (Å²) < 4.78 is 0. The van der Waals surface area contributed by atoms with Crippen LogP contribution in [0.25, 0.3) is 0 Å². The van der Waals surface area contributed by atoms with Crippen LogP contribution in [0, 0.1) is 5.92 Å². The Morgan fingerprint density at radius 2 is 1.62 bits per heavy atom. The molecular weight excluding hydrogens is 434 g/mol. The van der Waals surface area contributed by atoms with E-state index < -0.39 is 29.5 Å². The average molecular weight is 478 g/mol.